The third-order valence-electron chi connectivity index (χ3n) is 5.17. The predicted octanol–water partition coefficient (Wildman–Crippen LogP) is 4.18. The van der Waals surface area contributed by atoms with E-state index in [1.54, 1.807) is 19.2 Å². The summed E-state index contributed by atoms with van der Waals surface area (Å²) in [5, 5.41) is 14.7. The maximum Gasteiger partial charge on any atom is 0.232 e. The van der Waals surface area contributed by atoms with E-state index in [0.717, 1.165) is 43.1 Å². The number of ether oxygens (including phenoxy) is 1. The summed E-state index contributed by atoms with van der Waals surface area (Å²) in [7, 11) is 1.59. The first-order valence-electron chi connectivity index (χ1n) is 10.8. The van der Waals surface area contributed by atoms with E-state index in [9.17, 15) is 9.50 Å². The van der Waals surface area contributed by atoms with Crippen molar-refractivity contribution < 1.29 is 18.8 Å². The Morgan fingerprint density at radius 2 is 1.83 bits per heavy atom. The first-order valence-corrected chi connectivity index (χ1v) is 10.8. The Labute approximate surface area is 179 Å². The zero-order valence-corrected chi connectivity index (χ0v) is 18.9. The van der Waals surface area contributed by atoms with Gasteiger partial charge in [-0.3, -0.25) is 4.90 Å². The normalized spacial score (nSPS) is 12.7. The van der Waals surface area contributed by atoms with Gasteiger partial charge in [0.1, 0.15) is 11.5 Å². The van der Waals surface area contributed by atoms with Crippen molar-refractivity contribution in [2.75, 3.05) is 44.8 Å². The molecule has 1 atom stereocenters. The van der Waals surface area contributed by atoms with Gasteiger partial charge in [0.15, 0.2) is 0 Å². The summed E-state index contributed by atoms with van der Waals surface area (Å²) in [5.41, 5.74) is 2.49. The molecule has 6 nitrogen and oxygen atoms in total. The number of aromatic nitrogens is 1. The zero-order chi connectivity index (χ0) is 22.1. The lowest BCUT2D eigenvalue weighted by Gasteiger charge is -2.27. The maximum atomic E-state index is 13.4. The van der Waals surface area contributed by atoms with Crippen LogP contribution in [0.2, 0.25) is 0 Å². The van der Waals surface area contributed by atoms with Gasteiger partial charge >= 0.3 is 0 Å². The molecule has 2 aromatic rings. The van der Waals surface area contributed by atoms with Crippen LogP contribution < -0.4 is 4.90 Å². The minimum absolute atomic E-state index is 0.283. The first-order chi connectivity index (χ1) is 14.4. The molecule has 1 N–H and O–H groups in total. The highest BCUT2D eigenvalue weighted by atomic mass is 19.1. The molecule has 0 aliphatic rings. The number of methoxy groups -OCH3 is 1. The molecule has 168 valence electrons. The molecule has 0 aliphatic heterocycles. The number of rotatable bonds is 13. The summed E-state index contributed by atoms with van der Waals surface area (Å²) in [6.07, 6.45) is 0.436. The zero-order valence-electron chi connectivity index (χ0n) is 18.9. The monoisotopic (exact) mass is 421 g/mol. The van der Waals surface area contributed by atoms with Gasteiger partial charge in [-0.05, 0) is 57.0 Å². The van der Waals surface area contributed by atoms with E-state index in [-0.39, 0.29) is 12.4 Å². The van der Waals surface area contributed by atoms with E-state index in [1.807, 2.05) is 0 Å². The van der Waals surface area contributed by atoms with Crippen molar-refractivity contribution in [2.24, 2.45) is 5.92 Å². The van der Waals surface area contributed by atoms with Gasteiger partial charge in [-0.15, -0.1) is 0 Å². The lowest BCUT2D eigenvalue weighted by Crippen LogP contribution is -2.36. The highest BCUT2D eigenvalue weighted by Crippen LogP contribution is 2.32. The van der Waals surface area contributed by atoms with Gasteiger partial charge in [0, 0.05) is 38.9 Å². The standard InChI is InChI=1S/C23H36FN3O3/c1-6-27(7-2)23-21(22(25-30-23)18-8-10-19(24)11-9-18)15-26(13-12-17(3)4)14-20(28)16-29-5/h8-11,17,20,28H,6-7,12-16H2,1-5H3/t20-/m0/s1. The van der Waals surface area contributed by atoms with Crippen molar-refractivity contribution in [2.45, 2.75) is 46.8 Å². The van der Waals surface area contributed by atoms with Crippen molar-refractivity contribution in [3.63, 3.8) is 0 Å². The average Bonchev–Trinajstić information content (AvgIpc) is 3.11. The largest absolute Gasteiger partial charge is 0.389 e. The van der Waals surface area contributed by atoms with E-state index >= 15 is 0 Å². The number of hydrogen-bond acceptors (Lipinski definition) is 6. The van der Waals surface area contributed by atoms with Crippen molar-refractivity contribution in [1.82, 2.24) is 10.1 Å². The molecule has 30 heavy (non-hydrogen) atoms. The Kier molecular flexibility index (Phi) is 9.75. The van der Waals surface area contributed by atoms with Gasteiger partial charge < -0.3 is 19.3 Å². The summed E-state index contributed by atoms with van der Waals surface area (Å²) in [5.74, 6) is 0.998. The van der Waals surface area contributed by atoms with Crippen LogP contribution in [0.15, 0.2) is 28.8 Å². The molecular weight excluding hydrogens is 385 g/mol. The maximum absolute atomic E-state index is 13.4. The van der Waals surface area contributed by atoms with Gasteiger partial charge in [-0.25, -0.2) is 4.39 Å². The fraction of sp³-hybridized carbons (Fsp3) is 0.609. The molecule has 0 spiro atoms. The molecule has 0 radical (unpaired) electrons. The number of halogens is 1. The highest BCUT2D eigenvalue weighted by molar-refractivity contribution is 5.68. The lowest BCUT2D eigenvalue weighted by molar-refractivity contribution is 0.0348. The second-order valence-corrected chi connectivity index (χ2v) is 8.02. The number of aliphatic hydroxyl groups is 1. The van der Waals surface area contributed by atoms with Crippen molar-refractivity contribution >= 4 is 5.88 Å². The third-order valence-corrected chi connectivity index (χ3v) is 5.17. The van der Waals surface area contributed by atoms with E-state index in [1.165, 1.54) is 12.1 Å². The summed E-state index contributed by atoms with van der Waals surface area (Å²) in [4.78, 5) is 4.35. The van der Waals surface area contributed by atoms with Crippen molar-refractivity contribution in [3.05, 3.63) is 35.6 Å². The summed E-state index contributed by atoms with van der Waals surface area (Å²) in [6.45, 7) is 12.3. The van der Waals surface area contributed by atoms with Gasteiger partial charge in [-0.1, -0.05) is 19.0 Å². The van der Waals surface area contributed by atoms with Crippen LogP contribution in [0.5, 0.6) is 0 Å². The molecule has 1 aromatic carbocycles. The van der Waals surface area contributed by atoms with Crippen LogP contribution in [-0.4, -0.2) is 61.2 Å². The van der Waals surface area contributed by atoms with Gasteiger partial charge in [0.25, 0.3) is 0 Å². The van der Waals surface area contributed by atoms with E-state index in [4.69, 9.17) is 9.26 Å². The average molecular weight is 422 g/mol. The van der Waals surface area contributed by atoms with E-state index in [2.05, 4.69) is 42.7 Å². The van der Waals surface area contributed by atoms with Crippen LogP contribution in [-0.2, 0) is 11.3 Å². The molecule has 0 saturated carbocycles. The van der Waals surface area contributed by atoms with Gasteiger partial charge in [0.2, 0.25) is 5.88 Å². The second kappa shape index (κ2) is 12.0. The van der Waals surface area contributed by atoms with Gasteiger partial charge in [-0.2, -0.15) is 0 Å². The Balaban J connectivity index is 2.39. The Morgan fingerprint density at radius 1 is 1.17 bits per heavy atom. The Morgan fingerprint density at radius 3 is 2.40 bits per heavy atom. The number of nitrogens with zero attached hydrogens (tertiary/aromatic N) is 3. The summed E-state index contributed by atoms with van der Waals surface area (Å²) >= 11 is 0. The Bertz CT molecular complexity index is 745. The number of hydrogen-bond donors (Lipinski definition) is 1. The van der Waals surface area contributed by atoms with Crippen LogP contribution >= 0.6 is 0 Å². The number of benzene rings is 1. The smallest absolute Gasteiger partial charge is 0.232 e. The van der Waals surface area contributed by atoms with E-state index < -0.39 is 6.10 Å². The van der Waals surface area contributed by atoms with Crippen molar-refractivity contribution in [1.29, 1.82) is 0 Å². The van der Waals surface area contributed by atoms with Crippen molar-refractivity contribution in [3.8, 4) is 11.3 Å². The minimum Gasteiger partial charge on any atom is -0.389 e. The first kappa shape index (κ1) is 24.3. The third kappa shape index (κ3) is 6.79. The fourth-order valence-electron chi connectivity index (χ4n) is 3.48. The molecule has 1 aromatic heterocycles. The molecule has 0 unspecified atom stereocenters. The lowest BCUT2D eigenvalue weighted by atomic mass is 10.1. The quantitative estimate of drug-likeness (QED) is 0.523. The minimum atomic E-state index is -0.576. The molecule has 7 heteroatoms. The highest BCUT2D eigenvalue weighted by Gasteiger charge is 2.24. The molecule has 0 amide bonds. The Hall–Kier alpha value is -1.96. The second-order valence-electron chi connectivity index (χ2n) is 8.02. The van der Waals surface area contributed by atoms with Crippen LogP contribution in [0.25, 0.3) is 11.3 Å². The van der Waals surface area contributed by atoms with Crippen LogP contribution in [0.4, 0.5) is 10.3 Å². The van der Waals surface area contributed by atoms with Gasteiger partial charge in [0.05, 0.1) is 18.3 Å². The molecule has 0 saturated heterocycles. The molecular formula is C23H36FN3O3. The molecule has 1 heterocycles. The number of anilines is 1. The van der Waals surface area contributed by atoms with E-state index in [0.29, 0.717) is 24.7 Å². The molecule has 2 rings (SSSR count). The SMILES string of the molecule is CCN(CC)c1onc(-c2ccc(F)cc2)c1CN(CCC(C)C)C[C@H](O)COC. The molecule has 0 fully saturated rings. The summed E-state index contributed by atoms with van der Waals surface area (Å²) in [6, 6.07) is 6.31. The molecule has 0 aliphatic carbocycles. The molecule has 0 bridgehead atoms. The predicted molar refractivity (Wildman–Crippen MR) is 118 cm³/mol. The van der Waals surface area contributed by atoms with Crippen LogP contribution in [0.3, 0.4) is 0 Å². The van der Waals surface area contributed by atoms with Crippen LogP contribution in [0, 0.1) is 11.7 Å². The fourth-order valence-corrected chi connectivity index (χ4v) is 3.48. The number of aliphatic hydroxyl groups excluding tert-OH is 1. The summed E-state index contributed by atoms with van der Waals surface area (Å²) < 4.78 is 24.3. The van der Waals surface area contributed by atoms with Crippen LogP contribution in [0.1, 0.15) is 39.7 Å². The topological polar surface area (TPSA) is 62.0 Å².